The largest absolute Gasteiger partial charge is 0.469 e. The minimum atomic E-state index is -0.108. The Bertz CT molecular complexity index is 164. The highest BCUT2D eigenvalue weighted by molar-refractivity contribution is 5.69. The maximum atomic E-state index is 10.7. The van der Waals surface area contributed by atoms with E-state index in [1.165, 1.54) is 20.0 Å². The molecule has 0 spiro atoms. The van der Waals surface area contributed by atoms with Gasteiger partial charge in [0.15, 0.2) is 0 Å². The lowest BCUT2D eigenvalue weighted by Gasteiger charge is -2.33. The van der Waals surface area contributed by atoms with Gasteiger partial charge < -0.3 is 10.1 Å². The molecule has 0 amide bonds. The highest BCUT2D eigenvalue weighted by atomic mass is 16.5. The van der Waals surface area contributed by atoms with Crippen LogP contribution >= 0.6 is 0 Å². The lowest BCUT2D eigenvalue weighted by molar-refractivity contribution is -0.140. The molecule has 0 aromatic heterocycles. The van der Waals surface area contributed by atoms with Crippen LogP contribution in [-0.2, 0) is 9.53 Å². The van der Waals surface area contributed by atoms with Crippen LogP contribution in [0.4, 0.5) is 0 Å². The van der Waals surface area contributed by atoms with E-state index in [9.17, 15) is 4.79 Å². The molecule has 1 aliphatic rings. The van der Waals surface area contributed by atoms with Crippen molar-refractivity contribution in [3.63, 3.8) is 0 Å². The quantitative estimate of drug-likeness (QED) is 0.518. The van der Waals surface area contributed by atoms with Crippen LogP contribution in [0.2, 0.25) is 0 Å². The lowest BCUT2D eigenvalue weighted by atomic mass is 9.82. The summed E-state index contributed by atoms with van der Waals surface area (Å²) in [5.41, 5.74) is 0. The number of carbonyl (C=O) groups is 1. The van der Waals surface area contributed by atoms with E-state index in [0.717, 1.165) is 18.9 Å². The fourth-order valence-electron chi connectivity index (χ4n) is 1.71. The van der Waals surface area contributed by atoms with Crippen LogP contribution in [0, 0.1) is 5.92 Å². The van der Waals surface area contributed by atoms with Crippen LogP contribution in [-0.4, -0.2) is 25.7 Å². The number of hydrogen-bond acceptors (Lipinski definition) is 3. The van der Waals surface area contributed by atoms with Crippen LogP contribution in [0.5, 0.6) is 0 Å². The molecule has 1 rings (SSSR count). The smallest absolute Gasteiger partial charge is 0.305 e. The summed E-state index contributed by atoms with van der Waals surface area (Å²) in [5.74, 6) is 0.780. The molecule has 0 unspecified atom stereocenters. The first kappa shape index (κ1) is 10.5. The third kappa shape index (κ3) is 3.77. The van der Waals surface area contributed by atoms with E-state index in [-0.39, 0.29) is 5.97 Å². The Kier molecular flexibility index (Phi) is 4.22. The van der Waals surface area contributed by atoms with Crippen LogP contribution in [0.3, 0.4) is 0 Å². The van der Waals surface area contributed by atoms with Gasteiger partial charge in [-0.15, -0.1) is 0 Å². The molecule has 0 aliphatic heterocycles. The number of methoxy groups -OCH3 is 1. The molecule has 1 fully saturated rings. The Balaban J connectivity index is 1.87. The highest BCUT2D eigenvalue weighted by Crippen LogP contribution is 2.25. The molecular formula is C10H19NO2. The summed E-state index contributed by atoms with van der Waals surface area (Å²) in [6, 6.07) is 0.702. The maximum absolute atomic E-state index is 10.7. The van der Waals surface area contributed by atoms with Gasteiger partial charge in [0.05, 0.1) is 7.11 Å². The zero-order valence-corrected chi connectivity index (χ0v) is 8.51. The Morgan fingerprint density at radius 3 is 2.77 bits per heavy atom. The van der Waals surface area contributed by atoms with Crippen LogP contribution in [0.15, 0.2) is 0 Å². The Morgan fingerprint density at radius 1 is 1.54 bits per heavy atom. The minimum absolute atomic E-state index is 0.108. The molecular weight excluding hydrogens is 166 g/mol. The number of rotatable bonds is 5. The third-order valence-electron chi connectivity index (χ3n) is 2.59. The Hall–Kier alpha value is -0.570. The van der Waals surface area contributed by atoms with Crippen molar-refractivity contribution in [2.24, 2.45) is 5.92 Å². The Labute approximate surface area is 79.8 Å². The van der Waals surface area contributed by atoms with E-state index in [2.05, 4.69) is 17.0 Å². The van der Waals surface area contributed by atoms with Gasteiger partial charge >= 0.3 is 5.97 Å². The summed E-state index contributed by atoms with van der Waals surface area (Å²) in [5, 5.41) is 3.42. The zero-order valence-electron chi connectivity index (χ0n) is 8.51. The van der Waals surface area contributed by atoms with Crippen molar-refractivity contribution in [3.8, 4) is 0 Å². The maximum Gasteiger partial charge on any atom is 0.305 e. The first-order chi connectivity index (χ1) is 6.22. The predicted molar refractivity (Wildman–Crippen MR) is 51.4 cm³/mol. The molecule has 0 atom stereocenters. The first-order valence-corrected chi connectivity index (χ1v) is 5.02. The molecule has 3 nitrogen and oxygen atoms in total. The van der Waals surface area contributed by atoms with Crippen LogP contribution in [0.1, 0.15) is 32.6 Å². The van der Waals surface area contributed by atoms with Gasteiger partial charge in [-0.1, -0.05) is 6.92 Å². The van der Waals surface area contributed by atoms with Crippen molar-refractivity contribution in [1.82, 2.24) is 5.32 Å². The fourth-order valence-corrected chi connectivity index (χ4v) is 1.71. The van der Waals surface area contributed by atoms with Crippen molar-refractivity contribution in [1.29, 1.82) is 0 Å². The van der Waals surface area contributed by atoms with Gasteiger partial charge in [-0.2, -0.15) is 0 Å². The molecule has 0 saturated heterocycles. The Morgan fingerprint density at radius 2 is 2.23 bits per heavy atom. The molecule has 1 aliphatic carbocycles. The second-order valence-corrected chi connectivity index (χ2v) is 3.91. The van der Waals surface area contributed by atoms with Crippen LogP contribution < -0.4 is 5.32 Å². The van der Waals surface area contributed by atoms with E-state index in [1.54, 1.807) is 0 Å². The van der Waals surface area contributed by atoms with Gasteiger partial charge in [-0.25, -0.2) is 0 Å². The van der Waals surface area contributed by atoms with E-state index >= 15 is 0 Å². The number of carbonyl (C=O) groups excluding carboxylic acids is 1. The number of nitrogens with one attached hydrogen (secondary N) is 1. The normalized spacial score (nSPS) is 26.6. The summed E-state index contributed by atoms with van der Waals surface area (Å²) >= 11 is 0. The first-order valence-electron chi connectivity index (χ1n) is 5.02. The highest BCUT2D eigenvalue weighted by Gasteiger charge is 2.23. The topological polar surface area (TPSA) is 38.3 Å². The van der Waals surface area contributed by atoms with Gasteiger partial charge in [-0.3, -0.25) is 4.79 Å². The van der Waals surface area contributed by atoms with Gasteiger partial charge in [-0.05, 0) is 31.7 Å². The van der Waals surface area contributed by atoms with E-state index < -0.39 is 0 Å². The molecule has 1 saturated carbocycles. The molecule has 0 aromatic carbocycles. The van der Waals surface area contributed by atoms with Crippen molar-refractivity contribution < 1.29 is 9.53 Å². The molecule has 76 valence electrons. The van der Waals surface area contributed by atoms with Crippen molar-refractivity contribution >= 4 is 5.97 Å². The minimum Gasteiger partial charge on any atom is -0.469 e. The average molecular weight is 185 g/mol. The average Bonchev–Trinajstić information content (AvgIpc) is 2.08. The molecule has 0 aromatic rings. The zero-order chi connectivity index (χ0) is 9.68. The summed E-state index contributed by atoms with van der Waals surface area (Å²) in [6.45, 7) is 3.21. The van der Waals surface area contributed by atoms with Gasteiger partial charge in [0.1, 0.15) is 0 Å². The molecule has 0 bridgehead atoms. The fraction of sp³-hybridized carbons (Fsp3) is 0.900. The van der Waals surface area contributed by atoms with Gasteiger partial charge in [0, 0.05) is 12.5 Å². The van der Waals surface area contributed by atoms with E-state index in [0.29, 0.717) is 12.5 Å². The molecule has 0 radical (unpaired) electrons. The molecule has 3 heteroatoms. The predicted octanol–water partition coefficient (Wildman–Crippen LogP) is 1.33. The van der Waals surface area contributed by atoms with Gasteiger partial charge in [0.25, 0.3) is 0 Å². The van der Waals surface area contributed by atoms with E-state index in [1.807, 2.05) is 0 Å². The second-order valence-electron chi connectivity index (χ2n) is 3.91. The number of hydrogen-bond donors (Lipinski definition) is 1. The van der Waals surface area contributed by atoms with E-state index in [4.69, 9.17) is 0 Å². The summed E-state index contributed by atoms with van der Waals surface area (Å²) in [6.07, 6.45) is 4.00. The van der Waals surface area contributed by atoms with Crippen molar-refractivity contribution in [2.45, 2.75) is 38.6 Å². The van der Waals surface area contributed by atoms with Gasteiger partial charge in [0.2, 0.25) is 0 Å². The number of esters is 1. The summed E-state index contributed by atoms with van der Waals surface area (Å²) in [4.78, 5) is 10.7. The lowest BCUT2D eigenvalue weighted by Crippen LogP contribution is -2.40. The molecule has 0 heterocycles. The standard InChI is InChI=1S/C10H19NO2/c1-8-6-9(7-8)11-5-3-4-10(12)13-2/h8-9,11H,3-7H2,1-2H3. The second kappa shape index (κ2) is 5.22. The molecule has 1 N–H and O–H groups in total. The van der Waals surface area contributed by atoms with Crippen molar-refractivity contribution in [3.05, 3.63) is 0 Å². The monoisotopic (exact) mass is 185 g/mol. The SMILES string of the molecule is COC(=O)CCCNC1CC(C)C1. The summed E-state index contributed by atoms with van der Waals surface area (Å²) in [7, 11) is 1.43. The number of ether oxygens (including phenoxy) is 1. The third-order valence-corrected chi connectivity index (χ3v) is 2.59. The summed E-state index contributed by atoms with van der Waals surface area (Å²) < 4.78 is 4.55. The van der Waals surface area contributed by atoms with Crippen molar-refractivity contribution in [2.75, 3.05) is 13.7 Å². The van der Waals surface area contributed by atoms with Crippen LogP contribution in [0.25, 0.3) is 0 Å². The molecule has 13 heavy (non-hydrogen) atoms.